The average Bonchev–Trinajstić information content (AvgIpc) is 2.21. The largest absolute Gasteiger partial charge is 0.304 e. The van der Waals surface area contributed by atoms with Crippen LogP contribution in [0.4, 0.5) is 4.39 Å². The molecule has 1 saturated carbocycles. The molecule has 8 heavy (non-hydrogen) atoms. The minimum atomic E-state index is -2.24. The summed E-state index contributed by atoms with van der Waals surface area (Å²) in [5, 5.41) is -1.72. The van der Waals surface area contributed by atoms with Gasteiger partial charge in [-0.2, -0.15) is 0 Å². The van der Waals surface area contributed by atoms with Gasteiger partial charge in [0.2, 0.25) is 5.00 Å². The fraction of sp³-hybridized carbons (Fsp3) is 1.00. The van der Waals surface area contributed by atoms with E-state index in [1.807, 2.05) is 0 Å². The van der Waals surface area contributed by atoms with E-state index in [9.17, 15) is 8.60 Å². The standard InChI is InChI=1S/C3H5FO2S.Na/c4-3(1-2-3)7(5)6;/h1-2H2,(H,5,6);. The minimum Gasteiger partial charge on any atom is -0.304 e. The van der Waals surface area contributed by atoms with Crippen LogP contribution in [-0.4, -0.2) is 43.3 Å². The first-order valence-corrected chi connectivity index (χ1v) is 3.06. The maximum absolute atomic E-state index is 12.1. The van der Waals surface area contributed by atoms with Crippen LogP contribution >= 0.6 is 0 Å². The Balaban J connectivity index is 0.000000490. The summed E-state index contributed by atoms with van der Waals surface area (Å²) >= 11 is -2.24. The van der Waals surface area contributed by atoms with Crippen LogP contribution in [-0.2, 0) is 11.1 Å². The monoisotopic (exact) mass is 147 g/mol. The van der Waals surface area contributed by atoms with E-state index in [2.05, 4.69) is 0 Å². The summed E-state index contributed by atoms with van der Waals surface area (Å²) in [6, 6.07) is 0. The van der Waals surface area contributed by atoms with Crippen LogP contribution in [0.5, 0.6) is 0 Å². The van der Waals surface area contributed by atoms with Crippen molar-refractivity contribution < 1.29 is 13.2 Å². The van der Waals surface area contributed by atoms with Crippen molar-refractivity contribution in [1.29, 1.82) is 0 Å². The normalized spacial score (nSPS) is 25.8. The summed E-state index contributed by atoms with van der Waals surface area (Å²) in [6.45, 7) is 0. The predicted molar refractivity (Wildman–Crippen MR) is 29.6 cm³/mol. The Bertz CT molecular complexity index is 114. The van der Waals surface area contributed by atoms with Crippen LogP contribution in [0.25, 0.3) is 0 Å². The van der Waals surface area contributed by atoms with Gasteiger partial charge in [-0.25, -0.2) is 8.60 Å². The second kappa shape index (κ2) is 2.75. The van der Waals surface area contributed by atoms with Crippen LogP contribution in [0.3, 0.4) is 0 Å². The first-order chi connectivity index (χ1) is 3.15. The van der Waals surface area contributed by atoms with Gasteiger partial charge in [0.1, 0.15) is 0 Å². The molecule has 0 aromatic rings. The Hall–Kier alpha value is 1.04. The Morgan fingerprint density at radius 1 is 1.62 bits per heavy atom. The van der Waals surface area contributed by atoms with Crippen molar-refractivity contribution in [1.82, 2.24) is 0 Å². The molecule has 0 aromatic carbocycles. The zero-order valence-corrected chi connectivity index (χ0v) is 7.37. The van der Waals surface area contributed by atoms with Gasteiger partial charge in [-0.1, -0.05) is 0 Å². The van der Waals surface area contributed by atoms with Gasteiger partial charge >= 0.3 is 0 Å². The Morgan fingerprint density at radius 2 is 2.00 bits per heavy atom. The second-order valence-corrected chi connectivity index (χ2v) is 2.86. The molecule has 1 fully saturated rings. The number of halogens is 1. The molecule has 0 bridgehead atoms. The molecule has 2 nitrogen and oxygen atoms in total. The molecule has 0 aliphatic heterocycles. The molecule has 0 heterocycles. The van der Waals surface area contributed by atoms with E-state index < -0.39 is 16.1 Å². The van der Waals surface area contributed by atoms with Crippen molar-refractivity contribution in [3.63, 3.8) is 0 Å². The first kappa shape index (κ1) is 9.04. The van der Waals surface area contributed by atoms with Gasteiger partial charge in [-0.15, -0.1) is 0 Å². The van der Waals surface area contributed by atoms with Crippen molar-refractivity contribution in [2.24, 2.45) is 0 Å². The Kier molecular flexibility index (Phi) is 3.11. The molecule has 0 spiro atoms. The molecule has 0 amide bonds. The Morgan fingerprint density at radius 3 is 2.00 bits per heavy atom. The van der Waals surface area contributed by atoms with E-state index in [0.29, 0.717) is 0 Å². The van der Waals surface area contributed by atoms with E-state index in [1.165, 1.54) is 0 Å². The maximum Gasteiger partial charge on any atom is 0.210 e. The third-order valence-electron chi connectivity index (χ3n) is 0.956. The zero-order chi connectivity index (χ0) is 5.49. The van der Waals surface area contributed by atoms with Crippen molar-refractivity contribution >= 4 is 40.6 Å². The molecule has 1 atom stereocenters. The molecule has 1 radical (unpaired) electrons. The Labute approximate surface area is 71.4 Å². The first-order valence-electron chi connectivity index (χ1n) is 1.95. The van der Waals surface area contributed by atoms with Crippen LogP contribution in [0.2, 0.25) is 0 Å². The molecule has 0 aromatic heterocycles. The second-order valence-electron chi connectivity index (χ2n) is 1.63. The summed E-state index contributed by atoms with van der Waals surface area (Å²) < 4.78 is 29.9. The third-order valence-corrected chi connectivity index (χ3v) is 1.99. The van der Waals surface area contributed by atoms with E-state index in [-0.39, 0.29) is 42.4 Å². The quantitative estimate of drug-likeness (QED) is 0.427. The summed E-state index contributed by atoms with van der Waals surface area (Å²) in [5.41, 5.74) is 0. The van der Waals surface area contributed by atoms with Crippen LogP contribution in [0, 0.1) is 0 Å². The molecular formula is C3H5FNaO2S. The molecule has 1 unspecified atom stereocenters. The van der Waals surface area contributed by atoms with Gasteiger partial charge in [0, 0.05) is 29.6 Å². The van der Waals surface area contributed by atoms with Gasteiger partial charge in [0.25, 0.3) is 0 Å². The number of hydrogen-bond donors (Lipinski definition) is 1. The fourth-order valence-electron chi connectivity index (χ4n) is 0.273. The van der Waals surface area contributed by atoms with Crippen molar-refractivity contribution in [3.05, 3.63) is 0 Å². The van der Waals surface area contributed by atoms with Crippen molar-refractivity contribution in [2.75, 3.05) is 0 Å². The summed E-state index contributed by atoms with van der Waals surface area (Å²) in [5.74, 6) is 0. The zero-order valence-electron chi connectivity index (χ0n) is 4.56. The van der Waals surface area contributed by atoms with Crippen molar-refractivity contribution in [3.8, 4) is 0 Å². The molecule has 1 aliphatic rings. The van der Waals surface area contributed by atoms with Gasteiger partial charge < -0.3 is 4.55 Å². The van der Waals surface area contributed by atoms with Crippen molar-refractivity contribution in [2.45, 2.75) is 17.8 Å². The molecule has 43 valence electrons. The SMILES string of the molecule is O=S(O)C1(F)CC1.[Na]. The summed E-state index contributed by atoms with van der Waals surface area (Å²) in [7, 11) is 0. The van der Waals surface area contributed by atoms with Crippen LogP contribution < -0.4 is 0 Å². The molecular weight excluding hydrogens is 142 g/mol. The van der Waals surface area contributed by atoms with Gasteiger partial charge in [0.15, 0.2) is 11.1 Å². The van der Waals surface area contributed by atoms with Gasteiger partial charge in [-0.3, -0.25) is 0 Å². The summed E-state index contributed by atoms with van der Waals surface area (Å²) in [4.78, 5) is 0. The van der Waals surface area contributed by atoms with Gasteiger partial charge in [0.05, 0.1) is 0 Å². The minimum absolute atomic E-state index is 0. The van der Waals surface area contributed by atoms with Crippen LogP contribution in [0.15, 0.2) is 0 Å². The average molecular weight is 147 g/mol. The molecule has 0 saturated heterocycles. The van der Waals surface area contributed by atoms with E-state index in [0.717, 1.165) is 0 Å². The summed E-state index contributed by atoms with van der Waals surface area (Å²) in [6.07, 6.45) is 0.492. The fourth-order valence-corrected chi connectivity index (χ4v) is 0.724. The molecule has 5 heteroatoms. The molecule has 1 N–H and O–H groups in total. The maximum atomic E-state index is 12.1. The number of hydrogen-bond acceptors (Lipinski definition) is 1. The van der Waals surface area contributed by atoms with E-state index in [1.54, 1.807) is 0 Å². The predicted octanol–water partition coefficient (Wildman–Crippen LogP) is 0.287. The van der Waals surface area contributed by atoms with E-state index in [4.69, 9.17) is 4.55 Å². The third kappa shape index (κ3) is 1.77. The van der Waals surface area contributed by atoms with Crippen LogP contribution in [0.1, 0.15) is 12.8 Å². The number of alkyl halides is 1. The molecule has 1 aliphatic carbocycles. The topological polar surface area (TPSA) is 37.3 Å². The number of rotatable bonds is 1. The van der Waals surface area contributed by atoms with E-state index >= 15 is 0 Å². The smallest absolute Gasteiger partial charge is 0.210 e. The molecule has 1 rings (SSSR count). The van der Waals surface area contributed by atoms with Gasteiger partial charge in [-0.05, 0) is 12.8 Å².